The van der Waals surface area contributed by atoms with Gasteiger partial charge in [-0.05, 0) is 30.7 Å². The highest BCUT2D eigenvalue weighted by molar-refractivity contribution is 5.95. The highest BCUT2D eigenvalue weighted by atomic mass is 19.1. The number of benzene rings is 2. The van der Waals surface area contributed by atoms with Crippen molar-refractivity contribution in [3.05, 3.63) is 59.2 Å². The molecule has 0 heterocycles. The summed E-state index contributed by atoms with van der Waals surface area (Å²) < 4.78 is 32.8. The lowest BCUT2D eigenvalue weighted by Crippen LogP contribution is -2.12. The second kappa shape index (κ2) is 5.06. The summed E-state index contributed by atoms with van der Waals surface area (Å²) in [5.74, 6) is -2.32. The van der Waals surface area contributed by atoms with Gasteiger partial charge in [0.1, 0.15) is 11.6 Å². The van der Waals surface area contributed by atoms with E-state index in [0.717, 1.165) is 17.7 Å². The van der Waals surface area contributed by atoms with Gasteiger partial charge in [-0.3, -0.25) is 5.41 Å². The number of amidine groups is 1. The summed E-state index contributed by atoms with van der Waals surface area (Å²) in [6.07, 6.45) is 0. The van der Waals surface area contributed by atoms with Crippen LogP contribution in [0.5, 0.6) is 11.5 Å². The Bertz CT molecular complexity index is 618. The van der Waals surface area contributed by atoms with Gasteiger partial charge in [-0.1, -0.05) is 18.2 Å². The topological polar surface area (TPSA) is 59.1 Å². The van der Waals surface area contributed by atoms with Crippen LogP contribution in [0.1, 0.15) is 11.1 Å². The van der Waals surface area contributed by atoms with E-state index in [0.29, 0.717) is 5.75 Å². The Kier molecular flexibility index (Phi) is 3.46. The molecule has 0 unspecified atom stereocenters. The molecule has 2 aromatic rings. The number of aryl methyl sites for hydroxylation is 1. The van der Waals surface area contributed by atoms with Crippen molar-refractivity contribution in [3.63, 3.8) is 0 Å². The molecule has 0 aliphatic heterocycles. The lowest BCUT2D eigenvalue weighted by molar-refractivity contribution is 0.405. The van der Waals surface area contributed by atoms with Crippen LogP contribution in [0.15, 0.2) is 36.4 Å². The van der Waals surface area contributed by atoms with E-state index in [1.807, 2.05) is 0 Å². The van der Waals surface area contributed by atoms with E-state index in [9.17, 15) is 8.78 Å². The van der Waals surface area contributed by atoms with E-state index in [2.05, 4.69) is 0 Å². The first-order valence-corrected chi connectivity index (χ1v) is 5.56. The maximum absolute atomic E-state index is 13.8. The number of nitrogen functional groups attached to an aromatic ring is 1. The lowest BCUT2D eigenvalue weighted by Gasteiger charge is -2.11. The van der Waals surface area contributed by atoms with Gasteiger partial charge in [0.2, 0.25) is 0 Å². The molecular formula is C14H12F2N2O. The van der Waals surface area contributed by atoms with Gasteiger partial charge in [0, 0.05) is 5.56 Å². The third kappa shape index (κ3) is 2.70. The van der Waals surface area contributed by atoms with Gasteiger partial charge < -0.3 is 10.5 Å². The molecule has 0 saturated carbocycles. The van der Waals surface area contributed by atoms with E-state index in [4.69, 9.17) is 15.9 Å². The number of rotatable bonds is 3. The van der Waals surface area contributed by atoms with Crippen LogP contribution >= 0.6 is 0 Å². The van der Waals surface area contributed by atoms with Gasteiger partial charge in [0.05, 0.1) is 0 Å². The summed E-state index contributed by atoms with van der Waals surface area (Å²) in [7, 11) is 0. The summed E-state index contributed by atoms with van der Waals surface area (Å²) in [5.41, 5.74) is 5.93. The first kappa shape index (κ1) is 13.0. The fourth-order valence-corrected chi connectivity index (χ4v) is 1.59. The van der Waals surface area contributed by atoms with Crippen LogP contribution in [-0.4, -0.2) is 5.84 Å². The molecule has 0 aromatic heterocycles. The Hall–Kier alpha value is -2.43. The van der Waals surface area contributed by atoms with Gasteiger partial charge in [-0.2, -0.15) is 0 Å². The molecule has 3 N–H and O–H groups in total. The molecule has 0 amide bonds. The Labute approximate surface area is 109 Å². The molecule has 2 aromatic carbocycles. The number of hydrogen-bond acceptors (Lipinski definition) is 2. The Balaban J connectivity index is 2.42. The molecule has 0 aliphatic rings. The van der Waals surface area contributed by atoms with Crippen molar-refractivity contribution in [1.29, 1.82) is 5.41 Å². The molecule has 3 nitrogen and oxygen atoms in total. The highest BCUT2D eigenvalue weighted by Crippen LogP contribution is 2.30. The van der Waals surface area contributed by atoms with Crippen molar-refractivity contribution in [2.24, 2.45) is 5.73 Å². The number of nitrogens with one attached hydrogen (secondary N) is 1. The summed E-state index contributed by atoms with van der Waals surface area (Å²) in [6.45, 7) is 1.77. The van der Waals surface area contributed by atoms with Gasteiger partial charge in [0.15, 0.2) is 17.4 Å². The van der Waals surface area contributed by atoms with Gasteiger partial charge in [0.25, 0.3) is 0 Å². The minimum atomic E-state index is -0.895. The zero-order chi connectivity index (χ0) is 14.0. The fourth-order valence-electron chi connectivity index (χ4n) is 1.59. The van der Waals surface area contributed by atoms with Crippen LogP contribution in [0, 0.1) is 24.0 Å². The quantitative estimate of drug-likeness (QED) is 0.658. The van der Waals surface area contributed by atoms with Gasteiger partial charge in [-0.25, -0.2) is 8.78 Å². The fraction of sp³-hybridized carbons (Fsp3) is 0.0714. The van der Waals surface area contributed by atoms with E-state index in [1.54, 1.807) is 31.2 Å². The number of nitrogens with two attached hydrogens (primary N) is 1. The Morgan fingerprint density at radius 3 is 2.26 bits per heavy atom. The van der Waals surface area contributed by atoms with Gasteiger partial charge in [-0.15, -0.1) is 0 Å². The molecule has 0 spiro atoms. The summed E-state index contributed by atoms with van der Waals surface area (Å²) >= 11 is 0. The average molecular weight is 262 g/mol. The van der Waals surface area contributed by atoms with Gasteiger partial charge >= 0.3 is 0 Å². The van der Waals surface area contributed by atoms with Crippen molar-refractivity contribution in [2.75, 3.05) is 0 Å². The van der Waals surface area contributed by atoms with Crippen LogP contribution in [-0.2, 0) is 0 Å². The number of hydrogen-bond donors (Lipinski definition) is 2. The predicted molar refractivity (Wildman–Crippen MR) is 68.6 cm³/mol. The van der Waals surface area contributed by atoms with E-state index in [-0.39, 0.29) is 5.56 Å². The smallest absolute Gasteiger partial charge is 0.198 e. The molecule has 0 saturated heterocycles. The lowest BCUT2D eigenvalue weighted by atomic mass is 10.2. The van der Waals surface area contributed by atoms with E-state index >= 15 is 0 Å². The monoisotopic (exact) mass is 262 g/mol. The zero-order valence-electron chi connectivity index (χ0n) is 10.2. The van der Waals surface area contributed by atoms with Crippen LogP contribution in [0.25, 0.3) is 0 Å². The van der Waals surface area contributed by atoms with Crippen molar-refractivity contribution in [2.45, 2.75) is 6.92 Å². The van der Waals surface area contributed by atoms with Crippen molar-refractivity contribution >= 4 is 5.84 Å². The molecule has 98 valence electrons. The van der Waals surface area contributed by atoms with E-state index in [1.165, 1.54) is 0 Å². The van der Waals surface area contributed by atoms with Crippen molar-refractivity contribution < 1.29 is 13.5 Å². The molecule has 5 heteroatoms. The largest absolute Gasteiger partial charge is 0.451 e. The maximum atomic E-state index is 13.8. The molecule has 0 radical (unpaired) electrons. The number of ether oxygens (including phenoxy) is 1. The first-order valence-electron chi connectivity index (χ1n) is 5.56. The normalized spacial score (nSPS) is 10.3. The third-order valence-electron chi connectivity index (χ3n) is 2.61. The van der Waals surface area contributed by atoms with Crippen LogP contribution in [0.3, 0.4) is 0 Å². The molecule has 0 fully saturated rings. The van der Waals surface area contributed by atoms with Crippen LogP contribution in [0.4, 0.5) is 8.78 Å². The molecule has 0 aliphatic carbocycles. The number of halogens is 2. The molecular weight excluding hydrogens is 250 g/mol. The molecule has 2 rings (SSSR count). The minimum Gasteiger partial charge on any atom is -0.451 e. The first-order chi connectivity index (χ1) is 8.99. The maximum Gasteiger partial charge on any atom is 0.198 e. The zero-order valence-corrected chi connectivity index (χ0v) is 10.2. The second-order valence-electron chi connectivity index (χ2n) is 4.05. The number of para-hydroxylation sites is 1. The van der Waals surface area contributed by atoms with E-state index < -0.39 is 23.2 Å². The SMILES string of the molecule is Cc1ccccc1Oc1c(F)cc(C(=N)N)cc1F. The minimum absolute atomic E-state index is 0.0212. The molecule has 0 atom stereocenters. The second-order valence-corrected chi connectivity index (χ2v) is 4.05. The van der Waals surface area contributed by atoms with Crippen molar-refractivity contribution in [1.82, 2.24) is 0 Å². The summed E-state index contributed by atoms with van der Waals surface area (Å²) in [5, 5.41) is 7.16. The Morgan fingerprint density at radius 1 is 1.16 bits per heavy atom. The molecule has 0 bridgehead atoms. The summed E-state index contributed by atoms with van der Waals surface area (Å²) in [6, 6.07) is 8.84. The van der Waals surface area contributed by atoms with Crippen LogP contribution in [0.2, 0.25) is 0 Å². The predicted octanol–water partition coefficient (Wildman–Crippen LogP) is 3.35. The third-order valence-corrected chi connectivity index (χ3v) is 2.61. The highest BCUT2D eigenvalue weighted by Gasteiger charge is 2.15. The van der Waals surface area contributed by atoms with Crippen molar-refractivity contribution in [3.8, 4) is 11.5 Å². The standard InChI is InChI=1S/C14H12F2N2O/c1-8-4-2-3-5-12(8)19-13-10(15)6-9(14(17)18)7-11(13)16/h2-7H,1H3,(H3,17,18). The van der Waals surface area contributed by atoms with Crippen LogP contribution < -0.4 is 10.5 Å². The Morgan fingerprint density at radius 2 is 1.74 bits per heavy atom. The molecule has 19 heavy (non-hydrogen) atoms. The average Bonchev–Trinajstić information content (AvgIpc) is 2.35. The summed E-state index contributed by atoms with van der Waals surface area (Å²) in [4.78, 5) is 0.